The number of nitrogens with zero attached hydrogens (tertiary/aromatic N) is 1. The molecule has 3 rings (SSSR count). The molecule has 1 aliphatic rings. The number of amides is 3. The molecule has 148 valence electrons. The van der Waals surface area contributed by atoms with Crippen molar-refractivity contribution in [1.29, 1.82) is 0 Å². The van der Waals surface area contributed by atoms with Gasteiger partial charge < -0.3 is 20.6 Å². The summed E-state index contributed by atoms with van der Waals surface area (Å²) in [7, 11) is 0. The van der Waals surface area contributed by atoms with E-state index in [-0.39, 0.29) is 17.9 Å². The maximum absolute atomic E-state index is 12.3. The number of carbonyl (C=O) groups is 2. The molecule has 3 amide bonds. The van der Waals surface area contributed by atoms with E-state index >= 15 is 0 Å². The van der Waals surface area contributed by atoms with Gasteiger partial charge in [0.25, 0.3) is 5.91 Å². The molecule has 0 aromatic heterocycles. The molecule has 2 aromatic rings. The maximum Gasteiger partial charge on any atom is 0.317 e. The molecule has 6 nitrogen and oxygen atoms in total. The summed E-state index contributed by atoms with van der Waals surface area (Å²) in [5.41, 5.74) is 1.53. The first-order valence-electron chi connectivity index (χ1n) is 9.74. The molecule has 28 heavy (non-hydrogen) atoms. The van der Waals surface area contributed by atoms with Gasteiger partial charge >= 0.3 is 6.03 Å². The lowest BCUT2D eigenvalue weighted by atomic mass is 9.87. The van der Waals surface area contributed by atoms with Gasteiger partial charge in [0.2, 0.25) is 0 Å². The van der Waals surface area contributed by atoms with Crippen molar-refractivity contribution >= 4 is 11.9 Å². The van der Waals surface area contributed by atoms with E-state index < -0.39 is 6.10 Å². The van der Waals surface area contributed by atoms with Crippen LogP contribution in [0.25, 0.3) is 0 Å². The first-order chi connectivity index (χ1) is 13.6. The summed E-state index contributed by atoms with van der Waals surface area (Å²) in [5.74, 6) is 0.0159. The largest absolute Gasteiger partial charge is 0.388 e. The van der Waals surface area contributed by atoms with Gasteiger partial charge in [0.15, 0.2) is 0 Å². The minimum absolute atomic E-state index is 0.124. The Morgan fingerprint density at radius 3 is 2.14 bits per heavy atom. The molecule has 1 unspecified atom stereocenters. The number of carbonyl (C=O) groups excluding carboxylic acids is 2. The maximum atomic E-state index is 12.3. The summed E-state index contributed by atoms with van der Waals surface area (Å²) in [6.07, 6.45) is 1.06. The van der Waals surface area contributed by atoms with Crippen molar-refractivity contribution < 1.29 is 14.7 Å². The number of aliphatic hydroxyl groups is 1. The molecule has 0 spiro atoms. The van der Waals surface area contributed by atoms with E-state index in [1.807, 2.05) is 48.5 Å². The van der Waals surface area contributed by atoms with Gasteiger partial charge in [-0.1, -0.05) is 48.5 Å². The van der Waals surface area contributed by atoms with E-state index in [9.17, 15) is 14.7 Å². The molecule has 0 bridgehead atoms. The summed E-state index contributed by atoms with van der Waals surface area (Å²) in [6, 6.07) is 18.5. The molecule has 1 aliphatic heterocycles. The van der Waals surface area contributed by atoms with Crippen LogP contribution in [0.5, 0.6) is 0 Å². The summed E-state index contributed by atoms with van der Waals surface area (Å²) < 4.78 is 0. The molecule has 1 saturated heterocycles. The van der Waals surface area contributed by atoms with Gasteiger partial charge in [-0.3, -0.25) is 4.79 Å². The number of rotatable bonds is 6. The summed E-state index contributed by atoms with van der Waals surface area (Å²) >= 11 is 0. The Hall–Kier alpha value is -2.86. The van der Waals surface area contributed by atoms with E-state index in [1.54, 1.807) is 17.0 Å². The Morgan fingerprint density at radius 1 is 0.929 bits per heavy atom. The Labute approximate surface area is 165 Å². The van der Waals surface area contributed by atoms with Gasteiger partial charge in [0, 0.05) is 31.7 Å². The number of hydrogen-bond acceptors (Lipinski definition) is 3. The van der Waals surface area contributed by atoms with E-state index in [1.165, 1.54) is 0 Å². The second kappa shape index (κ2) is 9.90. The predicted octanol–water partition coefficient (Wildman–Crippen LogP) is 2.57. The Bertz CT molecular complexity index is 759. The zero-order valence-electron chi connectivity index (χ0n) is 15.9. The van der Waals surface area contributed by atoms with E-state index in [0.29, 0.717) is 31.7 Å². The van der Waals surface area contributed by atoms with Crippen LogP contribution >= 0.6 is 0 Å². The number of hydrogen-bond donors (Lipinski definition) is 3. The van der Waals surface area contributed by atoms with Crippen molar-refractivity contribution in [2.45, 2.75) is 18.9 Å². The first kappa shape index (κ1) is 19.9. The minimum atomic E-state index is -0.486. The third-order valence-corrected chi connectivity index (χ3v) is 5.14. The zero-order valence-corrected chi connectivity index (χ0v) is 15.9. The number of urea groups is 1. The van der Waals surface area contributed by atoms with Crippen molar-refractivity contribution in [1.82, 2.24) is 15.5 Å². The molecule has 2 aromatic carbocycles. The van der Waals surface area contributed by atoms with Gasteiger partial charge in [-0.2, -0.15) is 0 Å². The quantitative estimate of drug-likeness (QED) is 0.673. The van der Waals surface area contributed by atoms with Crippen molar-refractivity contribution in [2.24, 2.45) is 5.92 Å². The fourth-order valence-corrected chi connectivity index (χ4v) is 3.49. The third-order valence-electron chi connectivity index (χ3n) is 5.14. The Balaban J connectivity index is 1.35. The standard InChI is InChI=1S/C22H27N3O3/c26-20(17-7-3-1-4-8-17)18-11-15-25(16-12-18)22(28)24-14-13-23-21(27)19-9-5-2-6-10-19/h1-10,18,20,26H,11-16H2,(H,23,27)(H,24,28). The molecule has 0 aliphatic carbocycles. The van der Waals surface area contributed by atoms with Crippen LogP contribution in [0.2, 0.25) is 0 Å². The smallest absolute Gasteiger partial charge is 0.317 e. The number of piperidine rings is 1. The normalized spacial score (nSPS) is 15.7. The third kappa shape index (κ3) is 5.33. The van der Waals surface area contributed by atoms with Crippen molar-refractivity contribution in [3.8, 4) is 0 Å². The van der Waals surface area contributed by atoms with Crippen LogP contribution in [-0.2, 0) is 0 Å². The molecule has 0 saturated carbocycles. The molecule has 3 N–H and O–H groups in total. The fourth-order valence-electron chi connectivity index (χ4n) is 3.49. The van der Waals surface area contributed by atoms with Crippen LogP contribution in [0.4, 0.5) is 4.79 Å². The number of benzene rings is 2. The highest BCUT2D eigenvalue weighted by molar-refractivity contribution is 5.94. The van der Waals surface area contributed by atoms with Crippen LogP contribution < -0.4 is 10.6 Å². The highest BCUT2D eigenvalue weighted by atomic mass is 16.3. The zero-order chi connectivity index (χ0) is 19.8. The summed E-state index contributed by atoms with van der Waals surface area (Å²) in [5, 5.41) is 16.2. The Morgan fingerprint density at radius 2 is 1.50 bits per heavy atom. The molecule has 6 heteroatoms. The molecular formula is C22H27N3O3. The fraction of sp³-hybridized carbons (Fsp3) is 0.364. The Kier molecular flexibility index (Phi) is 7.03. The second-order valence-electron chi connectivity index (χ2n) is 7.03. The van der Waals surface area contributed by atoms with Crippen molar-refractivity contribution in [3.63, 3.8) is 0 Å². The molecule has 1 atom stereocenters. The predicted molar refractivity (Wildman–Crippen MR) is 108 cm³/mol. The number of aliphatic hydroxyl groups excluding tert-OH is 1. The van der Waals surface area contributed by atoms with Gasteiger partial charge in [-0.25, -0.2) is 4.79 Å². The molecular weight excluding hydrogens is 354 g/mol. The van der Waals surface area contributed by atoms with Crippen LogP contribution in [0.3, 0.4) is 0 Å². The lowest BCUT2D eigenvalue weighted by Crippen LogP contribution is -2.46. The molecule has 1 heterocycles. The van der Waals surface area contributed by atoms with E-state index in [4.69, 9.17) is 0 Å². The summed E-state index contributed by atoms with van der Waals surface area (Å²) in [6.45, 7) is 2.00. The highest BCUT2D eigenvalue weighted by Crippen LogP contribution is 2.30. The van der Waals surface area contributed by atoms with Gasteiger partial charge in [0.05, 0.1) is 6.10 Å². The SMILES string of the molecule is O=C(NCCNC(=O)N1CCC(C(O)c2ccccc2)CC1)c1ccccc1. The van der Waals surface area contributed by atoms with Crippen molar-refractivity contribution in [3.05, 3.63) is 71.8 Å². The topological polar surface area (TPSA) is 81.7 Å². The highest BCUT2D eigenvalue weighted by Gasteiger charge is 2.28. The lowest BCUT2D eigenvalue weighted by Gasteiger charge is -2.34. The number of likely N-dealkylation sites (tertiary alicyclic amines) is 1. The first-order valence-corrected chi connectivity index (χ1v) is 9.74. The molecule has 1 fully saturated rings. The average Bonchev–Trinajstić information content (AvgIpc) is 2.77. The summed E-state index contributed by atoms with van der Waals surface area (Å²) in [4.78, 5) is 26.0. The minimum Gasteiger partial charge on any atom is -0.388 e. The molecule has 0 radical (unpaired) electrons. The van der Waals surface area contributed by atoms with Crippen LogP contribution in [0.1, 0.15) is 34.9 Å². The average molecular weight is 381 g/mol. The van der Waals surface area contributed by atoms with Gasteiger partial charge in [0.1, 0.15) is 0 Å². The van der Waals surface area contributed by atoms with E-state index in [2.05, 4.69) is 10.6 Å². The van der Waals surface area contributed by atoms with Crippen LogP contribution in [0.15, 0.2) is 60.7 Å². The van der Waals surface area contributed by atoms with Gasteiger partial charge in [-0.05, 0) is 36.5 Å². The lowest BCUT2D eigenvalue weighted by molar-refractivity contribution is 0.0665. The van der Waals surface area contributed by atoms with Gasteiger partial charge in [-0.15, -0.1) is 0 Å². The van der Waals surface area contributed by atoms with Crippen LogP contribution in [-0.4, -0.2) is 48.1 Å². The van der Waals surface area contributed by atoms with E-state index in [0.717, 1.165) is 18.4 Å². The van der Waals surface area contributed by atoms with Crippen LogP contribution in [0, 0.1) is 5.92 Å². The second-order valence-corrected chi connectivity index (χ2v) is 7.03. The monoisotopic (exact) mass is 381 g/mol. The van der Waals surface area contributed by atoms with Crippen molar-refractivity contribution in [2.75, 3.05) is 26.2 Å². The number of nitrogens with one attached hydrogen (secondary N) is 2.